The number of amides is 2. The van der Waals surface area contributed by atoms with Gasteiger partial charge < -0.3 is 10.1 Å². The van der Waals surface area contributed by atoms with E-state index in [9.17, 15) is 22.8 Å². The Morgan fingerprint density at radius 1 is 1.35 bits per heavy atom. The molecule has 0 fully saturated rings. The van der Waals surface area contributed by atoms with Crippen LogP contribution in [0.3, 0.4) is 0 Å². The fourth-order valence-electron chi connectivity index (χ4n) is 0.862. The molecule has 0 saturated carbocycles. The number of carbonyl (C=O) groups is 2. The molecular formula is C8H13F3N2O4. The first kappa shape index (κ1) is 15.5. The second-order valence-electron chi connectivity index (χ2n) is 2.89. The van der Waals surface area contributed by atoms with Crippen molar-refractivity contribution in [2.24, 2.45) is 0 Å². The van der Waals surface area contributed by atoms with Gasteiger partial charge in [-0.2, -0.15) is 9.90 Å². The van der Waals surface area contributed by atoms with Crippen molar-refractivity contribution in [3.8, 4) is 0 Å². The van der Waals surface area contributed by atoms with Gasteiger partial charge in [-0.05, 0) is 0 Å². The van der Waals surface area contributed by atoms with Crippen LogP contribution in [0, 0.1) is 0 Å². The van der Waals surface area contributed by atoms with Gasteiger partial charge in [-0.3, -0.25) is 4.79 Å². The summed E-state index contributed by atoms with van der Waals surface area (Å²) in [6.45, 7) is 0.721. The van der Waals surface area contributed by atoms with Gasteiger partial charge in [0.1, 0.15) is 0 Å². The van der Waals surface area contributed by atoms with Crippen LogP contribution < -0.4 is 5.32 Å². The topological polar surface area (TPSA) is 67.9 Å². The Labute approximate surface area is 95.6 Å². The summed E-state index contributed by atoms with van der Waals surface area (Å²) in [7, 11) is 1.17. The molecule has 9 heteroatoms. The van der Waals surface area contributed by atoms with Crippen molar-refractivity contribution in [3.05, 3.63) is 0 Å². The number of urea groups is 1. The van der Waals surface area contributed by atoms with Crippen LogP contribution in [0.2, 0.25) is 0 Å². The van der Waals surface area contributed by atoms with E-state index < -0.39 is 18.4 Å². The number of halogens is 3. The molecule has 1 N–H and O–H groups in total. The average Bonchev–Trinajstić information content (AvgIpc) is 2.19. The molecule has 0 aliphatic rings. The third-order valence-corrected chi connectivity index (χ3v) is 1.46. The largest absolute Gasteiger partial charge is 0.544 e. The molecule has 0 saturated heterocycles. The minimum absolute atomic E-state index is 0.0308. The quantitative estimate of drug-likeness (QED) is 0.454. The lowest BCUT2D eigenvalue weighted by molar-refractivity contribution is -0.398. The molecule has 0 spiro atoms. The Balaban J connectivity index is 4.12. The van der Waals surface area contributed by atoms with Gasteiger partial charge in [0.15, 0.2) is 0 Å². The maximum Gasteiger partial charge on any atom is 0.544 e. The molecule has 0 heterocycles. The summed E-state index contributed by atoms with van der Waals surface area (Å²) in [5.74, 6) is -0.548. The van der Waals surface area contributed by atoms with E-state index in [1.807, 2.05) is 5.32 Å². The van der Waals surface area contributed by atoms with Gasteiger partial charge in [-0.15, -0.1) is 13.2 Å². The zero-order chi connectivity index (χ0) is 13.5. The summed E-state index contributed by atoms with van der Waals surface area (Å²) >= 11 is 0. The number of rotatable bonds is 5. The molecule has 0 aliphatic heterocycles. The van der Waals surface area contributed by atoms with Gasteiger partial charge in [0.25, 0.3) is 0 Å². The van der Waals surface area contributed by atoms with Crippen molar-refractivity contribution in [1.29, 1.82) is 0 Å². The van der Waals surface area contributed by atoms with Gasteiger partial charge in [-0.25, -0.2) is 4.79 Å². The molecule has 0 aliphatic carbocycles. The smallest absolute Gasteiger partial charge is 0.466 e. The number of alkyl halides is 3. The summed E-state index contributed by atoms with van der Waals surface area (Å²) in [5.41, 5.74) is 0. The predicted molar refractivity (Wildman–Crippen MR) is 49.6 cm³/mol. The number of esters is 1. The summed E-state index contributed by atoms with van der Waals surface area (Å²) < 4.78 is 40.2. The Bertz CT molecular complexity index is 270. The van der Waals surface area contributed by atoms with Gasteiger partial charge in [0.05, 0.1) is 13.2 Å². The molecule has 0 aromatic carbocycles. The molecule has 6 nitrogen and oxygen atoms in total. The third kappa shape index (κ3) is 8.31. The standard InChI is InChI=1S/C8H13F3N2O4/c1-6(14)16-5-3-4-13(7(15)12-2)17-8(9,10)11/h3-5H2,1-2H3,(H,12,15). The zero-order valence-corrected chi connectivity index (χ0v) is 9.34. The van der Waals surface area contributed by atoms with Crippen LogP contribution >= 0.6 is 0 Å². The van der Waals surface area contributed by atoms with Crippen LogP contribution in [0.1, 0.15) is 13.3 Å². The van der Waals surface area contributed by atoms with Crippen LogP contribution in [-0.2, 0) is 14.4 Å². The van der Waals surface area contributed by atoms with Crippen molar-refractivity contribution < 1.29 is 32.3 Å². The van der Waals surface area contributed by atoms with Crippen LogP contribution in [0.15, 0.2) is 0 Å². The molecule has 100 valence electrons. The highest BCUT2D eigenvalue weighted by Crippen LogP contribution is 2.18. The number of ether oxygens (including phenoxy) is 1. The second-order valence-corrected chi connectivity index (χ2v) is 2.89. The maximum atomic E-state index is 11.9. The Morgan fingerprint density at radius 3 is 2.35 bits per heavy atom. The van der Waals surface area contributed by atoms with Crippen molar-refractivity contribution in [3.63, 3.8) is 0 Å². The predicted octanol–water partition coefficient (Wildman–Crippen LogP) is 1.03. The first-order valence-corrected chi connectivity index (χ1v) is 4.64. The van der Waals surface area contributed by atoms with Gasteiger partial charge in [0.2, 0.25) is 0 Å². The first-order chi connectivity index (χ1) is 7.76. The fourth-order valence-corrected chi connectivity index (χ4v) is 0.862. The lowest BCUT2D eigenvalue weighted by Gasteiger charge is -2.21. The number of nitrogens with zero attached hydrogens (tertiary/aromatic N) is 1. The van der Waals surface area contributed by atoms with Crippen LogP contribution in [0.4, 0.5) is 18.0 Å². The van der Waals surface area contributed by atoms with Crippen LogP contribution in [0.5, 0.6) is 0 Å². The number of hydrogen-bond donors (Lipinski definition) is 1. The zero-order valence-electron chi connectivity index (χ0n) is 9.34. The Hall–Kier alpha value is -1.51. The molecule has 17 heavy (non-hydrogen) atoms. The van der Waals surface area contributed by atoms with Crippen molar-refractivity contribution in [2.45, 2.75) is 19.7 Å². The first-order valence-electron chi connectivity index (χ1n) is 4.64. The summed E-state index contributed by atoms with van der Waals surface area (Å²) in [6.07, 6.45) is -4.92. The number of carbonyl (C=O) groups excluding carboxylic acids is 2. The molecule has 0 atom stereocenters. The average molecular weight is 258 g/mol. The molecule has 0 aromatic heterocycles. The summed E-state index contributed by atoms with van der Waals surface area (Å²) in [5, 5.41) is 2.11. The molecule has 2 amide bonds. The highest BCUT2D eigenvalue weighted by molar-refractivity contribution is 5.72. The van der Waals surface area contributed by atoms with Gasteiger partial charge in [-0.1, -0.05) is 0 Å². The Kier molecular flexibility index (Phi) is 6.33. The lowest BCUT2D eigenvalue weighted by Crippen LogP contribution is -2.42. The van der Waals surface area contributed by atoms with Crippen molar-refractivity contribution >= 4 is 12.0 Å². The van der Waals surface area contributed by atoms with E-state index in [2.05, 4.69) is 9.57 Å². The van der Waals surface area contributed by atoms with E-state index in [0.717, 1.165) is 0 Å². The molecular weight excluding hydrogens is 245 g/mol. The molecule has 0 radical (unpaired) electrons. The molecule has 0 bridgehead atoms. The summed E-state index contributed by atoms with van der Waals surface area (Å²) in [4.78, 5) is 24.9. The van der Waals surface area contributed by atoms with Crippen LogP contribution in [-0.4, -0.2) is 43.6 Å². The van der Waals surface area contributed by atoms with Gasteiger partial charge >= 0.3 is 18.4 Å². The number of nitrogens with one attached hydrogen (secondary N) is 1. The van der Waals surface area contributed by atoms with Gasteiger partial charge in [0, 0.05) is 20.4 Å². The minimum Gasteiger partial charge on any atom is -0.466 e. The molecule has 0 rings (SSSR count). The number of hydroxylamine groups is 2. The van der Waals surface area contributed by atoms with E-state index in [0.29, 0.717) is 0 Å². The van der Waals surface area contributed by atoms with E-state index in [4.69, 9.17) is 0 Å². The lowest BCUT2D eigenvalue weighted by atomic mass is 10.4. The highest BCUT2D eigenvalue weighted by Gasteiger charge is 2.35. The summed E-state index contributed by atoms with van der Waals surface area (Å²) in [6, 6.07) is -1.04. The second kappa shape index (κ2) is 6.94. The van der Waals surface area contributed by atoms with E-state index in [1.54, 1.807) is 0 Å². The van der Waals surface area contributed by atoms with E-state index >= 15 is 0 Å². The van der Waals surface area contributed by atoms with Crippen LogP contribution in [0.25, 0.3) is 0 Å². The molecule has 0 aromatic rings. The fraction of sp³-hybridized carbons (Fsp3) is 0.750. The molecule has 0 unspecified atom stereocenters. The maximum absolute atomic E-state index is 11.9. The van der Waals surface area contributed by atoms with Crippen molar-refractivity contribution in [2.75, 3.05) is 20.2 Å². The minimum atomic E-state index is -4.95. The van der Waals surface area contributed by atoms with E-state index in [-0.39, 0.29) is 24.6 Å². The SMILES string of the molecule is CNC(=O)N(CCCOC(C)=O)OC(F)(F)F. The Morgan fingerprint density at radius 2 is 1.94 bits per heavy atom. The monoisotopic (exact) mass is 258 g/mol. The third-order valence-electron chi connectivity index (χ3n) is 1.46. The number of hydrogen-bond acceptors (Lipinski definition) is 4. The van der Waals surface area contributed by atoms with E-state index in [1.165, 1.54) is 14.0 Å². The highest BCUT2D eigenvalue weighted by atomic mass is 19.4. The normalized spacial score (nSPS) is 10.9. The van der Waals surface area contributed by atoms with Crippen molar-refractivity contribution in [1.82, 2.24) is 10.4 Å².